The Kier molecular flexibility index (Phi) is 5.65. The third kappa shape index (κ3) is 4.50. The highest BCUT2D eigenvalue weighted by Gasteiger charge is 2.39. The van der Waals surface area contributed by atoms with E-state index in [0.717, 1.165) is 37.8 Å². The molecule has 0 aromatic heterocycles. The average molecular weight is 394 g/mol. The predicted molar refractivity (Wildman–Crippen MR) is 110 cm³/mol. The maximum Gasteiger partial charge on any atom is 0.253 e. The molecule has 0 bridgehead atoms. The summed E-state index contributed by atoms with van der Waals surface area (Å²) in [5, 5.41) is 0. The Bertz CT molecular complexity index is 875. The second-order valence-corrected chi connectivity index (χ2v) is 8.35. The van der Waals surface area contributed by atoms with E-state index in [1.807, 2.05) is 28.0 Å². The zero-order valence-corrected chi connectivity index (χ0v) is 16.6. The van der Waals surface area contributed by atoms with Crippen LogP contribution in [0.4, 0.5) is 4.39 Å². The van der Waals surface area contributed by atoms with Crippen LogP contribution in [-0.2, 0) is 11.3 Å². The highest BCUT2D eigenvalue weighted by Crippen LogP contribution is 2.42. The molecule has 0 N–H and O–H groups in total. The Morgan fingerprint density at radius 2 is 1.66 bits per heavy atom. The molecule has 2 aliphatic rings. The minimum atomic E-state index is -0.384. The summed E-state index contributed by atoms with van der Waals surface area (Å²) in [6.07, 6.45) is 4.25. The van der Waals surface area contributed by atoms with Gasteiger partial charge in [0, 0.05) is 38.2 Å². The van der Waals surface area contributed by atoms with Crippen LogP contribution < -0.4 is 0 Å². The molecule has 2 aliphatic heterocycles. The molecule has 4 nitrogen and oxygen atoms in total. The van der Waals surface area contributed by atoms with Gasteiger partial charge in [-0.15, -0.1) is 0 Å². The Morgan fingerprint density at radius 3 is 2.38 bits per heavy atom. The van der Waals surface area contributed by atoms with Gasteiger partial charge in [-0.05, 0) is 54.9 Å². The summed E-state index contributed by atoms with van der Waals surface area (Å²) >= 11 is 0. The van der Waals surface area contributed by atoms with Crippen LogP contribution in [0, 0.1) is 11.2 Å². The van der Waals surface area contributed by atoms with E-state index in [4.69, 9.17) is 0 Å². The standard InChI is InChI=1S/C24H27FN2O2/c25-21-8-4-7-20(17-21)23(29)26-14-11-24(12-15-26)10-9-22(28)27(16-13-24)18-19-5-2-1-3-6-19/h1-8,17H,9-16,18H2. The van der Waals surface area contributed by atoms with Crippen molar-refractivity contribution in [3.8, 4) is 0 Å². The number of amides is 2. The number of nitrogens with zero attached hydrogens (tertiary/aromatic N) is 2. The van der Waals surface area contributed by atoms with Crippen molar-refractivity contribution in [3.63, 3.8) is 0 Å². The number of hydrogen-bond acceptors (Lipinski definition) is 2. The lowest BCUT2D eigenvalue weighted by Gasteiger charge is -2.41. The number of piperidine rings is 1. The zero-order valence-electron chi connectivity index (χ0n) is 16.6. The maximum atomic E-state index is 13.4. The van der Waals surface area contributed by atoms with Crippen LogP contribution in [0.15, 0.2) is 54.6 Å². The minimum Gasteiger partial charge on any atom is -0.339 e. The molecule has 1 spiro atoms. The van der Waals surface area contributed by atoms with Gasteiger partial charge in [0.15, 0.2) is 0 Å². The number of hydrogen-bond donors (Lipinski definition) is 0. The van der Waals surface area contributed by atoms with Gasteiger partial charge in [-0.3, -0.25) is 9.59 Å². The first-order valence-electron chi connectivity index (χ1n) is 10.4. The van der Waals surface area contributed by atoms with E-state index in [1.54, 1.807) is 12.1 Å². The lowest BCUT2D eigenvalue weighted by Crippen LogP contribution is -2.43. The minimum absolute atomic E-state index is 0.102. The third-order valence-electron chi connectivity index (χ3n) is 6.53. The number of halogens is 1. The normalized spacial score (nSPS) is 19.3. The monoisotopic (exact) mass is 394 g/mol. The summed E-state index contributed by atoms with van der Waals surface area (Å²) in [7, 11) is 0. The van der Waals surface area contributed by atoms with Crippen molar-refractivity contribution in [2.75, 3.05) is 19.6 Å². The van der Waals surface area contributed by atoms with E-state index < -0.39 is 0 Å². The highest BCUT2D eigenvalue weighted by molar-refractivity contribution is 5.94. The summed E-state index contributed by atoms with van der Waals surface area (Å²) in [6, 6.07) is 16.0. The molecule has 0 radical (unpaired) electrons. The van der Waals surface area contributed by atoms with Gasteiger partial charge >= 0.3 is 0 Å². The molecule has 0 aliphatic carbocycles. The van der Waals surface area contributed by atoms with Gasteiger partial charge in [-0.1, -0.05) is 36.4 Å². The molecular weight excluding hydrogens is 367 g/mol. The number of likely N-dealkylation sites (tertiary alicyclic amines) is 2. The van der Waals surface area contributed by atoms with Crippen LogP contribution in [-0.4, -0.2) is 41.2 Å². The molecule has 152 valence electrons. The van der Waals surface area contributed by atoms with Crippen LogP contribution in [0.1, 0.15) is 48.0 Å². The summed E-state index contributed by atoms with van der Waals surface area (Å²) < 4.78 is 13.4. The van der Waals surface area contributed by atoms with Crippen molar-refractivity contribution in [2.45, 2.75) is 38.6 Å². The smallest absolute Gasteiger partial charge is 0.253 e. The first-order valence-corrected chi connectivity index (χ1v) is 10.4. The van der Waals surface area contributed by atoms with E-state index in [2.05, 4.69) is 12.1 Å². The third-order valence-corrected chi connectivity index (χ3v) is 6.53. The Labute approximate surface area is 171 Å². The zero-order chi connectivity index (χ0) is 20.3. The molecule has 2 aromatic rings. The first kappa shape index (κ1) is 19.6. The highest BCUT2D eigenvalue weighted by atomic mass is 19.1. The Hall–Kier alpha value is -2.69. The van der Waals surface area contributed by atoms with Gasteiger partial charge < -0.3 is 9.80 Å². The molecule has 2 amide bonds. The SMILES string of the molecule is O=C1CCC2(CCN1Cc1ccccc1)CCN(C(=O)c1cccc(F)c1)CC2. The Balaban J connectivity index is 1.37. The molecule has 0 saturated carbocycles. The van der Waals surface area contributed by atoms with Crippen molar-refractivity contribution < 1.29 is 14.0 Å². The fourth-order valence-corrected chi connectivity index (χ4v) is 4.61. The molecule has 4 rings (SSSR count). The van der Waals surface area contributed by atoms with Crippen LogP contribution in [0.2, 0.25) is 0 Å². The Morgan fingerprint density at radius 1 is 0.931 bits per heavy atom. The van der Waals surface area contributed by atoms with E-state index in [9.17, 15) is 14.0 Å². The van der Waals surface area contributed by atoms with E-state index in [1.165, 1.54) is 12.1 Å². The number of carbonyl (C=O) groups is 2. The van der Waals surface area contributed by atoms with Gasteiger partial charge in [0.25, 0.3) is 5.91 Å². The molecule has 2 aromatic carbocycles. The summed E-state index contributed by atoms with van der Waals surface area (Å²) in [6.45, 7) is 2.77. The fourth-order valence-electron chi connectivity index (χ4n) is 4.61. The number of carbonyl (C=O) groups excluding carboxylic acids is 2. The summed E-state index contributed by atoms with van der Waals surface area (Å²) in [5.74, 6) is -0.260. The molecule has 2 saturated heterocycles. The van der Waals surface area contributed by atoms with Crippen LogP contribution in [0.5, 0.6) is 0 Å². The fraction of sp³-hybridized carbons (Fsp3) is 0.417. The van der Waals surface area contributed by atoms with E-state index in [-0.39, 0.29) is 23.0 Å². The van der Waals surface area contributed by atoms with Crippen molar-refractivity contribution in [1.29, 1.82) is 0 Å². The molecule has 0 unspecified atom stereocenters. The first-order chi connectivity index (χ1) is 14.0. The maximum absolute atomic E-state index is 13.4. The molecule has 2 heterocycles. The summed E-state index contributed by atoms with van der Waals surface area (Å²) in [5.41, 5.74) is 1.69. The van der Waals surface area contributed by atoms with Crippen molar-refractivity contribution in [3.05, 3.63) is 71.5 Å². The predicted octanol–water partition coefficient (Wildman–Crippen LogP) is 4.26. The van der Waals surface area contributed by atoms with Crippen molar-refractivity contribution in [2.24, 2.45) is 5.41 Å². The molecule has 2 fully saturated rings. The molecule has 5 heteroatoms. The van der Waals surface area contributed by atoms with Gasteiger partial charge in [0.1, 0.15) is 5.82 Å². The largest absolute Gasteiger partial charge is 0.339 e. The quantitative estimate of drug-likeness (QED) is 0.780. The number of rotatable bonds is 3. The van der Waals surface area contributed by atoms with Crippen LogP contribution in [0.3, 0.4) is 0 Å². The molecule has 29 heavy (non-hydrogen) atoms. The van der Waals surface area contributed by atoms with E-state index in [0.29, 0.717) is 31.6 Å². The van der Waals surface area contributed by atoms with Crippen LogP contribution >= 0.6 is 0 Å². The lowest BCUT2D eigenvalue weighted by atomic mass is 9.73. The van der Waals surface area contributed by atoms with Gasteiger partial charge in [-0.2, -0.15) is 0 Å². The average Bonchev–Trinajstić information content (AvgIpc) is 2.89. The topological polar surface area (TPSA) is 40.6 Å². The van der Waals surface area contributed by atoms with E-state index >= 15 is 0 Å². The lowest BCUT2D eigenvalue weighted by molar-refractivity contribution is -0.131. The van der Waals surface area contributed by atoms with Gasteiger partial charge in [-0.25, -0.2) is 4.39 Å². The molecule has 0 atom stereocenters. The van der Waals surface area contributed by atoms with Gasteiger partial charge in [0.2, 0.25) is 5.91 Å². The second kappa shape index (κ2) is 8.36. The second-order valence-electron chi connectivity index (χ2n) is 8.35. The van der Waals surface area contributed by atoms with Crippen molar-refractivity contribution in [1.82, 2.24) is 9.80 Å². The van der Waals surface area contributed by atoms with Gasteiger partial charge in [0.05, 0.1) is 0 Å². The number of benzene rings is 2. The van der Waals surface area contributed by atoms with Crippen molar-refractivity contribution >= 4 is 11.8 Å². The molecular formula is C24H27FN2O2. The summed E-state index contributed by atoms with van der Waals surface area (Å²) in [4.78, 5) is 29.2. The van der Waals surface area contributed by atoms with Crippen LogP contribution in [0.25, 0.3) is 0 Å².